The van der Waals surface area contributed by atoms with Gasteiger partial charge in [-0.2, -0.15) is 0 Å². The molecule has 2 aliphatic rings. The minimum Gasteiger partial charge on any atom is -0.304 e. The van der Waals surface area contributed by atoms with E-state index in [-0.39, 0.29) is 0 Å². The van der Waals surface area contributed by atoms with E-state index in [1.54, 1.807) is 0 Å². The van der Waals surface area contributed by atoms with Gasteiger partial charge in [-0.15, -0.1) is 0 Å². The zero-order valence-electron chi connectivity index (χ0n) is 11.1. The van der Waals surface area contributed by atoms with E-state index in [9.17, 15) is 0 Å². The summed E-state index contributed by atoms with van der Waals surface area (Å²) in [6.07, 6.45) is 2.88. The van der Waals surface area contributed by atoms with Crippen LogP contribution in [0.4, 0.5) is 0 Å². The molecule has 0 aromatic rings. The summed E-state index contributed by atoms with van der Waals surface area (Å²) in [6, 6.07) is 0. The molecule has 2 rings (SSSR count). The van der Waals surface area contributed by atoms with E-state index in [4.69, 9.17) is 0 Å². The molecule has 0 aromatic carbocycles. The molecule has 15 heavy (non-hydrogen) atoms. The Bertz CT molecular complexity index is 163. The van der Waals surface area contributed by atoms with Gasteiger partial charge in [-0.3, -0.25) is 0 Å². The number of likely N-dealkylation sites (tertiary alicyclic amines) is 2. The topological polar surface area (TPSA) is 6.48 Å². The fourth-order valence-electron chi connectivity index (χ4n) is 2.79. The minimum absolute atomic E-state index is 0.738. The summed E-state index contributed by atoms with van der Waals surface area (Å²) in [6.45, 7) is 16.5. The molecule has 0 aromatic heterocycles. The highest BCUT2D eigenvalue weighted by atomic mass is 15.2. The lowest BCUT2D eigenvalue weighted by Crippen LogP contribution is -2.59. The first kappa shape index (κ1) is 13.0. The van der Waals surface area contributed by atoms with Gasteiger partial charge in [0, 0.05) is 13.1 Å². The van der Waals surface area contributed by atoms with Crippen LogP contribution in [0.25, 0.3) is 0 Å². The summed E-state index contributed by atoms with van der Waals surface area (Å²) in [7, 11) is 0. The van der Waals surface area contributed by atoms with Gasteiger partial charge < -0.3 is 9.80 Å². The third kappa shape index (κ3) is 2.94. The monoisotopic (exact) mass is 212 g/mol. The van der Waals surface area contributed by atoms with Crippen molar-refractivity contribution >= 4 is 0 Å². The molecule has 0 saturated carbocycles. The molecule has 2 fully saturated rings. The Balaban J connectivity index is 0.000000531. The molecule has 2 aliphatic heterocycles. The second-order valence-electron chi connectivity index (χ2n) is 4.74. The first-order valence-electron chi connectivity index (χ1n) is 6.73. The largest absolute Gasteiger partial charge is 0.304 e. The summed E-state index contributed by atoms with van der Waals surface area (Å²) in [5, 5.41) is 0. The van der Waals surface area contributed by atoms with Crippen LogP contribution in [0.15, 0.2) is 0 Å². The van der Waals surface area contributed by atoms with E-state index < -0.39 is 0 Å². The zero-order chi connectivity index (χ0) is 11.3. The van der Waals surface area contributed by atoms with Gasteiger partial charge in [-0.05, 0) is 44.4 Å². The van der Waals surface area contributed by atoms with Gasteiger partial charge in [0.15, 0.2) is 0 Å². The first-order valence-corrected chi connectivity index (χ1v) is 6.73. The standard InChI is InChI=1S/C11H22N2.C2H6/c1-3-12-7-5-11(6-8-12)9-13(4-2)10-11;1-2/h3-10H2,1-2H3;1-2H3. The maximum atomic E-state index is 2.58. The molecule has 0 atom stereocenters. The van der Waals surface area contributed by atoms with Gasteiger partial charge in [0.1, 0.15) is 0 Å². The van der Waals surface area contributed by atoms with Crippen molar-refractivity contribution in [3.05, 3.63) is 0 Å². The minimum atomic E-state index is 0.738. The van der Waals surface area contributed by atoms with Gasteiger partial charge in [-0.25, -0.2) is 0 Å². The highest BCUT2D eigenvalue weighted by Gasteiger charge is 2.43. The molecule has 0 N–H and O–H groups in total. The van der Waals surface area contributed by atoms with Crippen molar-refractivity contribution in [3.63, 3.8) is 0 Å². The van der Waals surface area contributed by atoms with Crippen molar-refractivity contribution in [3.8, 4) is 0 Å². The SMILES string of the molecule is CC.CCN1CCC2(CC1)CN(CC)C2. The normalized spacial score (nSPS) is 25.6. The predicted octanol–water partition coefficient (Wildman–Crippen LogP) is 2.45. The molecule has 0 unspecified atom stereocenters. The molecule has 2 heterocycles. The number of piperidine rings is 1. The molecule has 0 amide bonds. The molecular weight excluding hydrogens is 184 g/mol. The molecule has 0 radical (unpaired) electrons. The Hall–Kier alpha value is -0.0800. The van der Waals surface area contributed by atoms with E-state index in [0.717, 1.165) is 5.41 Å². The van der Waals surface area contributed by atoms with Crippen LogP contribution in [0.1, 0.15) is 40.5 Å². The third-order valence-electron chi connectivity index (χ3n) is 3.93. The van der Waals surface area contributed by atoms with Gasteiger partial charge in [-0.1, -0.05) is 27.7 Å². The van der Waals surface area contributed by atoms with E-state index >= 15 is 0 Å². The average molecular weight is 212 g/mol. The van der Waals surface area contributed by atoms with Crippen LogP contribution in [0.3, 0.4) is 0 Å². The Morgan fingerprint density at radius 1 is 0.867 bits per heavy atom. The fraction of sp³-hybridized carbons (Fsp3) is 1.00. The van der Waals surface area contributed by atoms with Crippen LogP contribution in [-0.4, -0.2) is 49.1 Å². The Kier molecular flexibility index (Phi) is 5.07. The second kappa shape index (κ2) is 5.86. The van der Waals surface area contributed by atoms with Crippen LogP contribution in [0, 0.1) is 5.41 Å². The molecular formula is C13H28N2. The quantitative estimate of drug-likeness (QED) is 0.694. The van der Waals surface area contributed by atoms with Crippen LogP contribution >= 0.6 is 0 Å². The Morgan fingerprint density at radius 2 is 1.33 bits per heavy atom. The highest BCUT2D eigenvalue weighted by Crippen LogP contribution is 2.39. The second-order valence-corrected chi connectivity index (χ2v) is 4.74. The summed E-state index contributed by atoms with van der Waals surface area (Å²) in [5.41, 5.74) is 0.738. The lowest BCUT2D eigenvalue weighted by atomic mass is 9.72. The maximum absolute atomic E-state index is 2.58. The number of hydrogen-bond acceptors (Lipinski definition) is 2. The third-order valence-corrected chi connectivity index (χ3v) is 3.93. The van der Waals surface area contributed by atoms with Crippen LogP contribution in [-0.2, 0) is 0 Å². The summed E-state index contributed by atoms with van der Waals surface area (Å²) in [4.78, 5) is 5.15. The van der Waals surface area contributed by atoms with Gasteiger partial charge >= 0.3 is 0 Å². The number of nitrogens with zero attached hydrogens (tertiary/aromatic N) is 2. The van der Waals surface area contributed by atoms with Crippen LogP contribution < -0.4 is 0 Å². The molecule has 2 heteroatoms. The van der Waals surface area contributed by atoms with Crippen LogP contribution in [0.5, 0.6) is 0 Å². The summed E-state index contributed by atoms with van der Waals surface area (Å²) in [5.74, 6) is 0. The van der Waals surface area contributed by atoms with E-state index in [0.29, 0.717) is 0 Å². The van der Waals surface area contributed by atoms with Gasteiger partial charge in [0.2, 0.25) is 0 Å². The van der Waals surface area contributed by atoms with Gasteiger partial charge in [0.25, 0.3) is 0 Å². The molecule has 2 nitrogen and oxygen atoms in total. The van der Waals surface area contributed by atoms with E-state index in [1.165, 1.54) is 52.1 Å². The molecule has 0 aliphatic carbocycles. The summed E-state index contributed by atoms with van der Waals surface area (Å²) >= 11 is 0. The Morgan fingerprint density at radius 3 is 1.73 bits per heavy atom. The molecule has 90 valence electrons. The first-order chi connectivity index (χ1) is 7.28. The number of rotatable bonds is 2. The molecule has 2 saturated heterocycles. The zero-order valence-corrected chi connectivity index (χ0v) is 11.1. The lowest BCUT2D eigenvalue weighted by molar-refractivity contribution is -0.0424. The predicted molar refractivity (Wildman–Crippen MR) is 67.2 cm³/mol. The van der Waals surface area contributed by atoms with Crippen molar-refractivity contribution < 1.29 is 0 Å². The smallest absolute Gasteiger partial charge is 0.00513 e. The van der Waals surface area contributed by atoms with E-state index in [1.807, 2.05) is 13.8 Å². The maximum Gasteiger partial charge on any atom is 0.00513 e. The van der Waals surface area contributed by atoms with Crippen molar-refractivity contribution in [2.45, 2.75) is 40.5 Å². The fourth-order valence-corrected chi connectivity index (χ4v) is 2.79. The highest BCUT2D eigenvalue weighted by molar-refractivity contribution is 4.97. The van der Waals surface area contributed by atoms with Crippen molar-refractivity contribution in [1.29, 1.82) is 0 Å². The van der Waals surface area contributed by atoms with Crippen molar-refractivity contribution in [2.24, 2.45) is 5.41 Å². The Labute approximate surface area is 95.6 Å². The molecule has 1 spiro atoms. The van der Waals surface area contributed by atoms with E-state index in [2.05, 4.69) is 23.6 Å². The summed E-state index contributed by atoms with van der Waals surface area (Å²) < 4.78 is 0. The number of hydrogen-bond donors (Lipinski definition) is 0. The van der Waals surface area contributed by atoms with Crippen molar-refractivity contribution in [1.82, 2.24) is 9.80 Å². The average Bonchev–Trinajstić information content (AvgIpc) is 2.28. The van der Waals surface area contributed by atoms with Crippen LogP contribution in [0.2, 0.25) is 0 Å². The van der Waals surface area contributed by atoms with Crippen molar-refractivity contribution in [2.75, 3.05) is 39.3 Å². The lowest BCUT2D eigenvalue weighted by Gasteiger charge is -2.54. The molecule has 0 bridgehead atoms. The van der Waals surface area contributed by atoms with Gasteiger partial charge in [0.05, 0.1) is 0 Å².